The number of halogens is 3. The molecule has 0 atom stereocenters. The number of ether oxygens (including phenoxy) is 1. The number of ketones is 1. The van der Waals surface area contributed by atoms with Gasteiger partial charge in [-0.05, 0) is 19.1 Å². The second kappa shape index (κ2) is 5.52. The number of amides is 1. The largest absolute Gasteiger partial charge is 0.440 e. The van der Waals surface area contributed by atoms with Gasteiger partial charge >= 0.3 is 12.3 Å². The Kier molecular flexibility index (Phi) is 4.30. The van der Waals surface area contributed by atoms with E-state index in [-0.39, 0.29) is 17.0 Å². The predicted octanol–water partition coefficient (Wildman–Crippen LogP) is 3.00. The summed E-state index contributed by atoms with van der Waals surface area (Å²) >= 11 is 0. The molecule has 1 amide bonds. The highest BCUT2D eigenvalue weighted by atomic mass is 19.4. The first-order chi connectivity index (χ1) is 8.29. The maximum absolute atomic E-state index is 11.8. The van der Waals surface area contributed by atoms with Gasteiger partial charge in [-0.25, -0.2) is 4.79 Å². The fourth-order valence-electron chi connectivity index (χ4n) is 1.19. The molecule has 1 rings (SSSR count). The van der Waals surface area contributed by atoms with Crippen molar-refractivity contribution in [1.29, 1.82) is 0 Å². The summed E-state index contributed by atoms with van der Waals surface area (Å²) in [5.41, 5.74) is 0.304. The maximum Gasteiger partial charge on any atom is 0.422 e. The molecule has 0 aliphatic rings. The van der Waals surface area contributed by atoms with Crippen molar-refractivity contribution in [3.05, 3.63) is 29.8 Å². The molecule has 4 nitrogen and oxygen atoms in total. The van der Waals surface area contributed by atoms with Crippen molar-refractivity contribution in [3.63, 3.8) is 0 Å². The predicted molar refractivity (Wildman–Crippen MR) is 57.5 cm³/mol. The van der Waals surface area contributed by atoms with Crippen LogP contribution >= 0.6 is 0 Å². The summed E-state index contributed by atoms with van der Waals surface area (Å²) in [5.74, 6) is -0.318. The van der Waals surface area contributed by atoms with Crippen LogP contribution in [-0.2, 0) is 4.74 Å². The molecular formula is C11H10F3NO3. The molecule has 0 saturated heterocycles. The molecule has 0 heterocycles. The number of nitrogens with one attached hydrogen (secondary N) is 1. The molecule has 98 valence electrons. The molecule has 1 aromatic carbocycles. The standard InChI is InChI=1S/C11H10F3NO3/c1-7(16)8-4-2-3-5-9(8)15-10(17)18-6-11(12,13)14/h2-5H,6H2,1H3,(H,15,17). The zero-order valence-electron chi connectivity index (χ0n) is 9.38. The Hall–Kier alpha value is -2.05. The summed E-state index contributed by atoms with van der Waals surface area (Å²) in [7, 11) is 0. The van der Waals surface area contributed by atoms with Crippen LogP contribution in [-0.4, -0.2) is 24.7 Å². The van der Waals surface area contributed by atoms with Gasteiger partial charge in [0.15, 0.2) is 12.4 Å². The summed E-state index contributed by atoms with van der Waals surface area (Å²) in [6.07, 6.45) is -5.85. The van der Waals surface area contributed by atoms with Crippen molar-refractivity contribution in [2.75, 3.05) is 11.9 Å². The molecule has 1 N–H and O–H groups in total. The van der Waals surface area contributed by atoms with Crippen LogP contribution < -0.4 is 5.32 Å². The van der Waals surface area contributed by atoms with Gasteiger partial charge in [-0.3, -0.25) is 10.1 Å². The van der Waals surface area contributed by atoms with Crippen LogP contribution in [0, 0.1) is 0 Å². The number of benzene rings is 1. The Bertz CT molecular complexity index is 457. The molecule has 0 bridgehead atoms. The summed E-state index contributed by atoms with van der Waals surface area (Å²) in [5, 5.41) is 2.08. The molecule has 18 heavy (non-hydrogen) atoms. The summed E-state index contributed by atoms with van der Waals surface area (Å²) in [4.78, 5) is 22.3. The van der Waals surface area contributed by atoms with E-state index in [9.17, 15) is 22.8 Å². The molecule has 0 unspecified atom stereocenters. The van der Waals surface area contributed by atoms with E-state index in [2.05, 4.69) is 10.1 Å². The zero-order valence-corrected chi connectivity index (χ0v) is 9.38. The van der Waals surface area contributed by atoms with Gasteiger partial charge in [-0.2, -0.15) is 13.2 Å². The van der Waals surface area contributed by atoms with Crippen molar-refractivity contribution in [1.82, 2.24) is 0 Å². The molecule has 0 fully saturated rings. The van der Waals surface area contributed by atoms with Crippen LogP contribution in [0.1, 0.15) is 17.3 Å². The Morgan fingerprint density at radius 1 is 1.28 bits per heavy atom. The molecule has 0 aliphatic carbocycles. The lowest BCUT2D eigenvalue weighted by atomic mass is 10.1. The van der Waals surface area contributed by atoms with Crippen LogP contribution in [0.25, 0.3) is 0 Å². The molecule has 0 saturated carbocycles. The highest BCUT2D eigenvalue weighted by Gasteiger charge is 2.29. The topological polar surface area (TPSA) is 55.4 Å². The van der Waals surface area contributed by atoms with Gasteiger partial charge in [0, 0.05) is 5.56 Å². The molecule has 0 spiro atoms. The van der Waals surface area contributed by atoms with Crippen LogP contribution in [0.2, 0.25) is 0 Å². The average Bonchev–Trinajstić information content (AvgIpc) is 2.26. The highest BCUT2D eigenvalue weighted by Crippen LogP contribution is 2.17. The second-order valence-corrected chi connectivity index (χ2v) is 3.42. The minimum Gasteiger partial charge on any atom is -0.440 e. The number of carbonyl (C=O) groups is 2. The number of anilines is 1. The van der Waals surface area contributed by atoms with Crippen molar-refractivity contribution in [2.45, 2.75) is 13.1 Å². The van der Waals surface area contributed by atoms with Crippen LogP contribution in [0.15, 0.2) is 24.3 Å². The first-order valence-corrected chi connectivity index (χ1v) is 4.90. The van der Waals surface area contributed by atoms with Gasteiger partial charge in [-0.15, -0.1) is 0 Å². The Balaban J connectivity index is 2.68. The minimum atomic E-state index is -4.59. The van der Waals surface area contributed by atoms with Gasteiger partial charge < -0.3 is 4.74 Å². The lowest BCUT2D eigenvalue weighted by Crippen LogP contribution is -2.23. The summed E-state index contributed by atoms with van der Waals surface area (Å²) in [6, 6.07) is 5.95. The monoisotopic (exact) mass is 261 g/mol. The van der Waals surface area contributed by atoms with E-state index in [1.165, 1.54) is 25.1 Å². The van der Waals surface area contributed by atoms with Crippen LogP contribution in [0.4, 0.5) is 23.7 Å². The van der Waals surface area contributed by atoms with E-state index in [0.29, 0.717) is 0 Å². The number of hydrogen-bond acceptors (Lipinski definition) is 3. The van der Waals surface area contributed by atoms with Crippen molar-refractivity contribution in [3.8, 4) is 0 Å². The molecule has 1 aromatic rings. The van der Waals surface area contributed by atoms with Gasteiger partial charge in [-0.1, -0.05) is 12.1 Å². The van der Waals surface area contributed by atoms with E-state index in [1.807, 2.05) is 0 Å². The van der Waals surface area contributed by atoms with E-state index in [1.54, 1.807) is 6.07 Å². The number of Topliss-reactive ketones (excluding diaryl/α,β-unsaturated/α-hetero) is 1. The molecule has 0 aromatic heterocycles. The first-order valence-electron chi connectivity index (χ1n) is 4.90. The number of carbonyl (C=O) groups excluding carboxylic acids is 2. The Morgan fingerprint density at radius 3 is 2.44 bits per heavy atom. The summed E-state index contributed by atoms with van der Waals surface area (Å²) in [6.45, 7) is -0.400. The van der Waals surface area contributed by atoms with Gasteiger partial charge in [0.2, 0.25) is 0 Å². The van der Waals surface area contributed by atoms with Crippen molar-refractivity contribution in [2.24, 2.45) is 0 Å². The first kappa shape index (κ1) is 14.0. The lowest BCUT2D eigenvalue weighted by molar-refractivity contribution is -0.159. The van der Waals surface area contributed by atoms with Gasteiger partial charge in [0.25, 0.3) is 0 Å². The fraction of sp³-hybridized carbons (Fsp3) is 0.273. The highest BCUT2D eigenvalue weighted by molar-refractivity contribution is 6.02. The number of hydrogen-bond donors (Lipinski definition) is 1. The molecular weight excluding hydrogens is 251 g/mol. The Labute approximate surface area is 101 Å². The average molecular weight is 261 g/mol. The number of para-hydroxylation sites is 1. The zero-order chi connectivity index (χ0) is 13.8. The van der Waals surface area contributed by atoms with E-state index < -0.39 is 18.9 Å². The molecule has 0 aliphatic heterocycles. The third-order valence-corrected chi connectivity index (χ3v) is 1.91. The lowest BCUT2D eigenvalue weighted by Gasteiger charge is -2.10. The number of rotatable bonds is 3. The third kappa shape index (κ3) is 4.44. The van der Waals surface area contributed by atoms with E-state index in [4.69, 9.17) is 0 Å². The molecule has 7 heteroatoms. The normalized spacial score (nSPS) is 10.9. The quantitative estimate of drug-likeness (QED) is 0.851. The smallest absolute Gasteiger partial charge is 0.422 e. The Morgan fingerprint density at radius 2 is 1.89 bits per heavy atom. The van der Waals surface area contributed by atoms with Crippen molar-refractivity contribution >= 4 is 17.6 Å². The van der Waals surface area contributed by atoms with Gasteiger partial charge in [0.05, 0.1) is 5.69 Å². The van der Waals surface area contributed by atoms with E-state index >= 15 is 0 Å². The SMILES string of the molecule is CC(=O)c1ccccc1NC(=O)OCC(F)(F)F. The van der Waals surface area contributed by atoms with Crippen molar-refractivity contribution < 1.29 is 27.5 Å². The fourth-order valence-corrected chi connectivity index (χ4v) is 1.19. The minimum absolute atomic E-state index is 0.108. The third-order valence-electron chi connectivity index (χ3n) is 1.91. The molecule has 0 radical (unpaired) electrons. The second-order valence-electron chi connectivity index (χ2n) is 3.42. The van der Waals surface area contributed by atoms with Gasteiger partial charge in [0.1, 0.15) is 0 Å². The van der Waals surface area contributed by atoms with Crippen LogP contribution in [0.5, 0.6) is 0 Å². The summed E-state index contributed by atoms with van der Waals surface area (Å²) < 4.78 is 39.4. The van der Waals surface area contributed by atoms with Crippen LogP contribution in [0.3, 0.4) is 0 Å². The number of alkyl halides is 3. The van der Waals surface area contributed by atoms with E-state index in [0.717, 1.165) is 0 Å². The maximum atomic E-state index is 11.8.